The van der Waals surface area contributed by atoms with E-state index >= 15 is 0 Å². The minimum atomic E-state index is -0.0101. The number of nitrogens with zero attached hydrogens (tertiary/aromatic N) is 2. The van der Waals surface area contributed by atoms with Gasteiger partial charge >= 0.3 is 6.03 Å². The van der Waals surface area contributed by atoms with E-state index in [4.69, 9.17) is 0 Å². The molecule has 4 heteroatoms. The SMILES string of the molecule is Cc1cccc(NC(=O)N2CCN(c3c(C)cccc3C(C)C)CC2)c1. The summed E-state index contributed by atoms with van der Waals surface area (Å²) in [6.45, 7) is 11.9. The van der Waals surface area contributed by atoms with Crippen LogP contribution >= 0.6 is 0 Å². The molecule has 1 heterocycles. The Balaban J connectivity index is 1.65. The summed E-state index contributed by atoms with van der Waals surface area (Å²) < 4.78 is 0. The normalized spacial score (nSPS) is 14.7. The second kappa shape index (κ2) is 7.81. The summed E-state index contributed by atoms with van der Waals surface area (Å²) in [5.74, 6) is 0.493. The quantitative estimate of drug-likeness (QED) is 0.864. The molecule has 1 saturated heterocycles. The van der Waals surface area contributed by atoms with E-state index in [0.29, 0.717) is 5.92 Å². The average Bonchev–Trinajstić information content (AvgIpc) is 2.61. The molecular formula is C22H29N3O. The van der Waals surface area contributed by atoms with Crippen molar-refractivity contribution in [2.75, 3.05) is 36.4 Å². The van der Waals surface area contributed by atoms with Crippen molar-refractivity contribution in [3.05, 3.63) is 59.2 Å². The van der Waals surface area contributed by atoms with Crippen LogP contribution in [0.2, 0.25) is 0 Å². The van der Waals surface area contributed by atoms with Gasteiger partial charge in [0.2, 0.25) is 0 Å². The Bertz CT molecular complexity index is 777. The fourth-order valence-electron chi connectivity index (χ4n) is 3.64. The predicted octanol–water partition coefficient (Wildman–Crippen LogP) is 4.78. The molecule has 0 saturated carbocycles. The average molecular weight is 351 g/mol. The fraction of sp³-hybridized carbons (Fsp3) is 0.409. The van der Waals surface area contributed by atoms with Crippen LogP contribution in [0.3, 0.4) is 0 Å². The Morgan fingerprint density at radius 3 is 2.35 bits per heavy atom. The van der Waals surface area contributed by atoms with Gasteiger partial charge in [-0.3, -0.25) is 0 Å². The number of hydrogen-bond donors (Lipinski definition) is 1. The number of para-hydroxylation sites is 1. The summed E-state index contributed by atoms with van der Waals surface area (Å²) in [5, 5.41) is 3.02. The van der Waals surface area contributed by atoms with E-state index in [1.54, 1.807) is 0 Å². The van der Waals surface area contributed by atoms with E-state index in [2.05, 4.69) is 49.2 Å². The molecule has 0 radical (unpaired) electrons. The molecular weight excluding hydrogens is 322 g/mol. The van der Waals surface area contributed by atoms with Gasteiger partial charge in [-0.15, -0.1) is 0 Å². The molecule has 2 amide bonds. The molecule has 0 aliphatic carbocycles. The summed E-state index contributed by atoms with van der Waals surface area (Å²) in [6, 6.07) is 14.5. The van der Waals surface area contributed by atoms with Gasteiger partial charge in [0.1, 0.15) is 0 Å². The zero-order valence-electron chi connectivity index (χ0n) is 16.2. The molecule has 138 valence electrons. The molecule has 0 atom stereocenters. The van der Waals surface area contributed by atoms with Crippen molar-refractivity contribution in [2.45, 2.75) is 33.6 Å². The Hall–Kier alpha value is -2.49. The van der Waals surface area contributed by atoms with Crippen molar-refractivity contribution < 1.29 is 4.79 Å². The maximum absolute atomic E-state index is 12.6. The van der Waals surface area contributed by atoms with Crippen LogP contribution in [0.5, 0.6) is 0 Å². The number of carbonyl (C=O) groups is 1. The summed E-state index contributed by atoms with van der Waals surface area (Å²) >= 11 is 0. The first kappa shape index (κ1) is 18.3. The van der Waals surface area contributed by atoms with Crippen molar-refractivity contribution in [3.63, 3.8) is 0 Å². The highest BCUT2D eigenvalue weighted by Gasteiger charge is 2.24. The van der Waals surface area contributed by atoms with Crippen LogP contribution in [0, 0.1) is 13.8 Å². The highest BCUT2D eigenvalue weighted by molar-refractivity contribution is 5.89. The van der Waals surface area contributed by atoms with Gasteiger partial charge in [-0.05, 0) is 48.6 Å². The largest absolute Gasteiger partial charge is 0.368 e. The maximum atomic E-state index is 12.6. The van der Waals surface area contributed by atoms with Crippen molar-refractivity contribution in [3.8, 4) is 0 Å². The summed E-state index contributed by atoms with van der Waals surface area (Å²) in [6.07, 6.45) is 0. The number of hydrogen-bond acceptors (Lipinski definition) is 2. The van der Waals surface area contributed by atoms with Gasteiger partial charge < -0.3 is 15.1 Å². The van der Waals surface area contributed by atoms with Gasteiger partial charge in [-0.1, -0.05) is 44.2 Å². The molecule has 3 rings (SSSR count). The minimum absolute atomic E-state index is 0.0101. The summed E-state index contributed by atoms with van der Waals surface area (Å²) in [7, 11) is 0. The van der Waals surface area contributed by atoms with Crippen molar-refractivity contribution in [1.29, 1.82) is 0 Å². The third kappa shape index (κ3) is 4.01. The number of urea groups is 1. The second-order valence-electron chi connectivity index (χ2n) is 7.44. The number of carbonyl (C=O) groups excluding carboxylic acids is 1. The lowest BCUT2D eigenvalue weighted by atomic mass is 9.97. The Labute approximate surface area is 156 Å². The highest BCUT2D eigenvalue weighted by atomic mass is 16.2. The number of amides is 2. The van der Waals surface area contributed by atoms with Crippen LogP contribution < -0.4 is 10.2 Å². The lowest BCUT2D eigenvalue weighted by Crippen LogP contribution is -2.50. The van der Waals surface area contributed by atoms with Crippen LogP contribution in [-0.4, -0.2) is 37.1 Å². The summed E-state index contributed by atoms with van der Waals surface area (Å²) in [4.78, 5) is 16.9. The first-order chi connectivity index (χ1) is 12.5. The zero-order valence-corrected chi connectivity index (χ0v) is 16.2. The van der Waals surface area contributed by atoms with E-state index in [9.17, 15) is 4.79 Å². The molecule has 1 fully saturated rings. The number of anilines is 2. The van der Waals surface area contributed by atoms with Crippen molar-refractivity contribution in [1.82, 2.24) is 4.90 Å². The Morgan fingerprint density at radius 2 is 1.69 bits per heavy atom. The van der Waals surface area contributed by atoms with Gasteiger partial charge in [0, 0.05) is 37.6 Å². The lowest BCUT2D eigenvalue weighted by molar-refractivity contribution is 0.208. The number of nitrogens with one attached hydrogen (secondary N) is 1. The number of aryl methyl sites for hydroxylation is 2. The van der Waals surface area contributed by atoms with Crippen LogP contribution in [0.25, 0.3) is 0 Å². The van der Waals surface area contributed by atoms with Gasteiger partial charge in [0.25, 0.3) is 0 Å². The smallest absolute Gasteiger partial charge is 0.321 e. The molecule has 4 nitrogen and oxygen atoms in total. The predicted molar refractivity (Wildman–Crippen MR) is 109 cm³/mol. The third-order valence-electron chi connectivity index (χ3n) is 5.04. The van der Waals surface area contributed by atoms with Crippen LogP contribution in [0.4, 0.5) is 16.2 Å². The van der Waals surface area contributed by atoms with Crippen molar-refractivity contribution in [2.24, 2.45) is 0 Å². The van der Waals surface area contributed by atoms with Crippen LogP contribution in [-0.2, 0) is 0 Å². The first-order valence-corrected chi connectivity index (χ1v) is 9.43. The molecule has 0 spiro atoms. The molecule has 0 unspecified atom stereocenters. The first-order valence-electron chi connectivity index (χ1n) is 9.43. The van der Waals surface area contributed by atoms with Crippen molar-refractivity contribution >= 4 is 17.4 Å². The van der Waals surface area contributed by atoms with Crippen LogP contribution in [0.15, 0.2) is 42.5 Å². The lowest BCUT2D eigenvalue weighted by Gasteiger charge is -2.38. The van der Waals surface area contributed by atoms with E-state index < -0.39 is 0 Å². The number of benzene rings is 2. The topological polar surface area (TPSA) is 35.6 Å². The zero-order chi connectivity index (χ0) is 18.7. The van der Waals surface area contributed by atoms with Gasteiger partial charge in [0.05, 0.1) is 0 Å². The van der Waals surface area contributed by atoms with Gasteiger partial charge in [0.15, 0.2) is 0 Å². The highest BCUT2D eigenvalue weighted by Crippen LogP contribution is 2.31. The molecule has 1 N–H and O–H groups in total. The molecule has 2 aromatic carbocycles. The van der Waals surface area contributed by atoms with E-state index in [-0.39, 0.29) is 6.03 Å². The van der Waals surface area contributed by atoms with Gasteiger partial charge in [-0.25, -0.2) is 4.79 Å². The molecule has 2 aromatic rings. The molecule has 0 aromatic heterocycles. The second-order valence-corrected chi connectivity index (χ2v) is 7.44. The number of piperazine rings is 1. The Kier molecular flexibility index (Phi) is 5.50. The molecule has 0 bridgehead atoms. The molecule has 1 aliphatic heterocycles. The fourth-order valence-corrected chi connectivity index (χ4v) is 3.64. The Morgan fingerprint density at radius 1 is 1.00 bits per heavy atom. The maximum Gasteiger partial charge on any atom is 0.321 e. The van der Waals surface area contributed by atoms with E-state index in [1.165, 1.54) is 16.8 Å². The third-order valence-corrected chi connectivity index (χ3v) is 5.04. The molecule has 26 heavy (non-hydrogen) atoms. The minimum Gasteiger partial charge on any atom is -0.368 e. The van der Waals surface area contributed by atoms with E-state index in [1.807, 2.05) is 36.1 Å². The van der Waals surface area contributed by atoms with Crippen LogP contribution in [0.1, 0.15) is 36.5 Å². The summed E-state index contributed by atoms with van der Waals surface area (Å²) in [5.41, 5.74) is 6.06. The standard InChI is InChI=1S/C22H29N3O/c1-16(2)20-10-6-8-18(4)21(20)24-11-13-25(14-12-24)22(26)23-19-9-5-7-17(3)15-19/h5-10,15-16H,11-14H2,1-4H3,(H,23,26). The van der Waals surface area contributed by atoms with Gasteiger partial charge in [-0.2, -0.15) is 0 Å². The molecule has 1 aliphatic rings. The van der Waals surface area contributed by atoms with E-state index in [0.717, 1.165) is 37.4 Å². The number of rotatable bonds is 3. The monoisotopic (exact) mass is 351 g/mol.